The van der Waals surface area contributed by atoms with E-state index >= 15 is 0 Å². The predicted molar refractivity (Wildman–Crippen MR) is 70.8 cm³/mol. The zero-order valence-corrected chi connectivity index (χ0v) is 11.8. The molecule has 17 heavy (non-hydrogen) atoms. The quantitative estimate of drug-likeness (QED) is 0.787. The zero-order valence-electron chi connectivity index (χ0n) is 10.9. The minimum absolute atomic E-state index is 0.193. The van der Waals surface area contributed by atoms with Crippen LogP contribution in [-0.4, -0.2) is 21.4 Å². The van der Waals surface area contributed by atoms with Crippen molar-refractivity contribution >= 4 is 11.4 Å². The summed E-state index contributed by atoms with van der Waals surface area (Å²) in [7, 11) is 0. The summed E-state index contributed by atoms with van der Waals surface area (Å²) in [5, 5.41) is 0. The fraction of sp³-hybridized carbons (Fsp3) is 0.846. The van der Waals surface area contributed by atoms with Gasteiger partial charge in [0, 0.05) is 11.4 Å². The van der Waals surface area contributed by atoms with Crippen LogP contribution in [0.4, 0.5) is 0 Å². The lowest BCUT2D eigenvalue weighted by Crippen LogP contribution is -2.51. The van der Waals surface area contributed by atoms with Gasteiger partial charge in [-0.25, -0.2) is 0 Å². The molecule has 3 atom stereocenters. The third-order valence-electron chi connectivity index (χ3n) is 3.30. The Kier molecular flexibility index (Phi) is 4.06. The van der Waals surface area contributed by atoms with Crippen molar-refractivity contribution in [1.82, 2.24) is 4.72 Å². The van der Waals surface area contributed by atoms with E-state index in [-0.39, 0.29) is 16.9 Å². The highest BCUT2D eigenvalue weighted by atomic mass is 32.2. The molecule has 1 heterocycles. The molecule has 0 aromatic rings. The molecule has 1 fully saturated rings. The summed E-state index contributed by atoms with van der Waals surface area (Å²) >= 11 is -1.00. The lowest BCUT2D eigenvalue weighted by Gasteiger charge is -2.32. The van der Waals surface area contributed by atoms with E-state index in [1.807, 2.05) is 20.8 Å². The molecule has 0 aromatic carbocycles. The van der Waals surface area contributed by atoms with Gasteiger partial charge in [0.2, 0.25) is 0 Å². The number of nitrogens with one attached hydrogen (secondary N) is 1. The van der Waals surface area contributed by atoms with Crippen LogP contribution in [0.15, 0.2) is 12.3 Å². The third-order valence-corrected chi connectivity index (χ3v) is 4.90. The SMILES string of the molecule is CC(C)(C)[S@+]([O-])NC(C1CC1)C1CCC=CO1. The average Bonchev–Trinajstić information content (AvgIpc) is 3.09. The summed E-state index contributed by atoms with van der Waals surface area (Å²) < 4.78 is 20.9. The number of allylic oxidation sites excluding steroid dienone is 1. The van der Waals surface area contributed by atoms with Crippen molar-refractivity contribution in [2.24, 2.45) is 5.92 Å². The van der Waals surface area contributed by atoms with E-state index in [0.717, 1.165) is 12.8 Å². The van der Waals surface area contributed by atoms with Crippen LogP contribution < -0.4 is 4.72 Å². The van der Waals surface area contributed by atoms with Gasteiger partial charge in [0.25, 0.3) is 0 Å². The largest absolute Gasteiger partial charge is 0.598 e. The molecule has 0 amide bonds. The van der Waals surface area contributed by atoms with Gasteiger partial charge in [0.15, 0.2) is 0 Å². The molecular formula is C13H23NO2S. The minimum Gasteiger partial charge on any atom is -0.598 e. The average molecular weight is 257 g/mol. The normalized spacial score (nSPS) is 28.6. The van der Waals surface area contributed by atoms with Crippen molar-refractivity contribution < 1.29 is 9.29 Å². The van der Waals surface area contributed by atoms with Crippen molar-refractivity contribution in [3.05, 3.63) is 12.3 Å². The maximum atomic E-state index is 12.2. The summed E-state index contributed by atoms with van der Waals surface area (Å²) in [6.07, 6.45) is 8.63. The van der Waals surface area contributed by atoms with Gasteiger partial charge < -0.3 is 9.29 Å². The molecule has 2 rings (SSSR count). The number of hydrogen-bond donors (Lipinski definition) is 1. The van der Waals surface area contributed by atoms with Crippen LogP contribution in [0.3, 0.4) is 0 Å². The molecule has 1 aliphatic carbocycles. The topological polar surface area (TPSA) is 44.3 Å². The molecule has 0 aromatic heterocycles. The van der Waals surface area contributed by atoms with Crippen LogP contribution in [0, 0.1) is 5.92 Å². The lowest BCUT2D eigenvalue weighted by atomic mass is 10.0. The maximum Gasteiger partial charge on any atom is 0.136 e. The molecule has 4 heteroatoms. The van der Waals surface area contributed by atoms with E-state index in [0.29, 0.717) is 5.92 Å². The van der Waals surface area contributed by atoms with Gasteiger partial charge in [-0.1, -0.05) is 0 Å². The molecule has 3 nitrogen and oxygen atoms in total. The molecule has 0 saturated heterocycles. The van der Waals surface area contributed by atoms with Crippen molar-refractivity contribution in [2.75, 3.05) is 0 Å². The van der Waals surface area contributed by atoms with Gasteiger partial charge in [-0.3, -0.25) is 0 Å². The van der Waals surface area contributed by atoms with Crippen LogP contribution in [0.25, 0.3) is 0 Å². The van der Waals surface area contributed by atoms with Gasteiger partial charge in [-0.05, 0) is 58.4 Å². The van der Waals surface area contributed by atoms with Crippen LogP contribution in [0.1, 0.15) is 46.5 Å². The van der Waals surface area contributed by atoms with Crippen LogP contribution in [0.2, 0.25) is 0 Å². The Hall–Kier alpha value is -0.190. The Bertz CT molecular complexity index is 284. The van der Waals surface area contributed by atoms with E-state index in [1.54, 1.807) is 6.26 Å². The van der Waals surface area contributed by atoms with Crippen molar-refractivity contribution in [3.63, 3.8) is 0 Å². The first-order valence-electron chi connectivity index (χ1n) is 6.47. The molecule has 1 aliphatic heterocycles. The highest BCUT2D eigenvalue weighted by Crippen LogP contribution is 2.37. The van der Waals surface area contributed by atoms with E-state index in [1.165, 1.54) is 12.8 Å². The first-order valence-corrected chi connectivity index (χ1v) is 7.62. The monoisotopic (exact) mass is 257 g/mol. The molecule has 1 N–H and O–H groups in total. The van der Waals surface area contributed by atoms with Gasteiger partial charge >= 0.3 is 0 Å². The summed E-state index contributed by atoms with van der Waals surface area (Å²) in [5.41, 5.74) is 0. The van der Waals surface area contributed by atoms with Crippen molar-refractivity contribution in [2.45, 2.75) is 63.3 Å². The second kappa shape index (κ2) is 5.21. The zero-order chi connectivity index (χ0) is 12.5. The molecular weight excluding hydrogens is 234 g/mol. The van der Waals surface area contributed by atoms with Crippen molar-refractivity contribution in [1.29, 1.82) is 0 Å². The lowest BCUT2D eigenvalue weighted by molar-refractivity contribution is 0.0858. The van der Waals surface area contributed by atoms with E-state index < -0.39 is 11.4 Å². The van der Waals surface area contributed by atoms with Gasteiger partial charge in [0.1, 0.15) is 10.9 Å². The summed E-state index contributed by atoms with van der Waals surface area (Å²) in [5.74, 6) is 0.651. The summed E-state index contributed by atoms with van der Waals surface area (Å²) in [6, 6.07) is 0.250. The smallest absolute Gasteiger partial charge is 0.136 e. The summed E-state index contributed by atoms with van der Waals surface area (Å²) in [6.45, 7) is 6.01. The van der Waals surface area contributed by atoms with E-state index in [2.05, 4.69) is 10.8 Å². The molecule has 2 unspecified atom stereocenters. The molecule has 0 bridgehead atoms. The standard InChI is InChI=1S/C13H23NO2S/c1-13(2,3)17(15)14-12(10-7-8-10)11-6-4-5-9-16-11/h5,9-12,14H,4,6-8H2,1-3H3/t11?,12?,17-/m0/s1. The highest BCUT2D eigenvalue weighted by molar-refractivity contribution is 7.90. The first-order chi connectivity index (χ1) is 7.98. The minimum atomic E-state index is -1.00. The van der Waals surface area contributed by atoms with Crippen molar-refractivity contribution in [3.8, 4) is 0 Å². The van der Waals surface area contributed by atoms with E-state index in [4.69, 9.17) is 4.74 Å². The molecule has 0 spiro atoms. The second-order valence-electron chi connectivity index (χ2n) is 5.99. The second-order valence-corrected chi connectivity index (χ2v) is 7.98. The number of ether oxygens (including phenoxy) is 1. The fourth-order valence-electron chi connectivity index (χ4n) is 2.05. The molecule has 2 aliphatic rings. The Morgan fingerprint density at radius 3 is 2.53 bits per heavy atom. The number of hydrogen-bond acceptors (Lipinski definition) is 3. The number of rotatable bonds is 4. The summed E-state index contributed by atoms with van der Waals surface area (Å²) in [4.78, 5) is 0. The fourth-order valence-corrected chi connectivity index (χ4v) is 2.99. The third kappa shape index (κ3) is 3.63. The van der Waals surface area contributed by atoms with Gasteiger partial charge in [-0.2, -0.15) is 0 Å². The Labute approximate surface area is 107 Å². The van der Waals surface area contributed by atoms with E-state index in [9.17, 15) is 4.55 Å². The van der Waals surface area contributed by atoms with Crippen LogP contribution >= 0.6 is 0 Å². The van der Waals surface area contributed by atoms with Gasteiger partial charge in [-0.15, -0.1) is 4.72 Å². The molecule has 0 radical (unpaired) electrons. The maximum absolute atomic E-state index is 12.2. The Morgan fingerprint density at radius 2 is 2.06 bits per heavy atom. The predicted octanol–water partition coefficient (Wildman–Crippen LogP) is 2.51. The first kappa shape index (κ1) is 13.2. The van der Waals surface area contributed by atoms with Crippen LogP contribution in [-0.2, 0) is 16.1 Å². The molecule has 1 saturated carbocycles. The Balaban J connectivity index is 1.95. The molecule has 98 valence electrons. The Morgan fingerprint density at radius 1 is 1.35 bits per heavy atom. The van der Waals surface area contributed by atoms with Gasteiger partial charge in [0.05, 0.1) is 12.3 Å². The van der Waals surface area contributed by atoms with Crippen LogP contribution in [0.5, 0.6) is 0 Å². The highest BCUT2D eigenvalue weighted by Gasteiger charge is 2.42.